The van der Waals surface area contributed by atoms with Gasteiger partial charge in [0, 0.05) is 11.3 Å². The van der Waals surface area contributed by atoms with Gasteiger partial charge in [-0.05, 0) is 32.0 Å². The number of nitrogens with zero attached hydrogens (tertiary/aromatic N) is 1. The van der Waals surface area contributed by atoms with Crippen molar-refractivity contribution >= 4 is 15.8 Å². The second-order valence-electron chi connectivity index (χ2n) is 4.22. The smallest absolute Gasteiger partial charge is 0.263 e. The monoisotopic (exact) mass is 299 g/mol. The van der Waals surface area contributed by atoms with E-state index in [0.717, 1.165) is 11.8 Å². The van der Waals surface area contributed by atoms with Gasteiger partial charge in [0.1, 0.15) is 0 Å². The number of methoxy groups -OCH3 is 1. The molecule has 0 spiro atoms. The quantitative estimate of drug-likeness (QED) is 0.904. The van der Waals surface area contributed by atoms with E-state index in [1.54, 1.807) is 13.8 Å². The fraction of sp³-hybridized carbons (Fsp3) is 0.250. The van der Waals surface area contributed by atoms with Crippen molar-refractivity contribution in [3.05, 3.63) is 35.3 Å². The number of nitrogens with one attached hydrogen (secondary N) is 2. The number of rotatable bonds is 4. The Bertz CT molecular complexity index is 740. The summed E-state index contributed by atoms with van der Waals surface area (Å²) in [6.07, 6.45) is 0. The number of H-pyrrole nitrogens is 1. The molecule has 8 heteroatoms. The average Bonchev–Trinajstić information content (AvgIpc) is 2.70. The number of aromatic nitrogens is 2. The van der Waals surface area contributed by atoms with Gasteiger partial charge in [0.15, 0.2) is 17.4 Å². The van der Waals surface area contributed by atoms with Crippen LogP contribution in [0, 0.1) is 19.7 Å². The minimum Gasteiger partial charge on any atom is -0.494 e. The van der Waals surface area contributed by atoms with Crippen molar-refractivity contribution in [1.29, 1.82) is 0 Å². The van der Waals surface area contributed by atoms with Crippen LogP contribution in [0.4, 0.5) is 10.2 Å². The molecule has 108 valence electrons. The number of hydrogen-bond acceptors (Lipinski definition) is 4. The van der Waals surface area contributed by atoms with E-state index in [1.165, 1.54) is 19.2 Å². The molecule has 0 aliphatic carbocycles. The minimum atomic E-state index is -3.90. The van der Waals surface area contributed by atoms with Crippen molar-refractivity contribution in [2.75, 3.05) is 11.8 Å². The maximum Gasteiger partial charge on any atom is 0.263 e. The Morgan fingerprint density at radius 1 is 1.35 bits per heavy atom. The highest BCUT2D eigenvalue weighted by Crippen LogP contribution is 2.23. The number of aromatic amines is 1. The number of halogens is 1. The van der Waals surface area contributed by atoms with Crippen LogP contribution in [0.1, 0.15) is 11.3 Å². The van der Waals surface area contributed by atoms with Crippen LogP contribution in [0.2, 0.25) is 0 Å². The first-order valence-electron chi connectivity index (χ1n) is 5.73. The summed E-state index contributed by atoms with van der Waals surface area (Å²) in [7, 11) is -2.59. The Labute approximate surface area is 116 Å². The van der Waals surface area contributed by atoms with Gasteiger partial charge in [-0.25, -0.2) is 12.8 Å². The highest BCUT2D eigenvalue weighted by atomic mass is 32.2. The first kappa shape index (κ1) is 14.3. The summed E-state index contributed by atoms with van der Waals surface area (Å²) in [4.78, 5) is -0.198. The molecule has 0 amide bonds. The number of anilines is 1. The zero-order valence-corrected chi connectivity index (χ0v) is 12.0. The summed E-state index contributed by atoms with van der Waals surface area (Å²) >= 11 is 0. The molecular weight excluding hydrogens is 285 g/mol. The van der Waals surface area contributed by atoms with E-state index in [2.05, 4.69) is 14.9 Å². The van der Waals surface area contributed by atoms with Crippen molar-refractivity contribution < 1.29 is 17.5 Å². The van der Waals surface area contributed by atoms with Crippen LogP contribution >= 0.6 is 0 Å². The normalized spacial score (nSPS) is 11.4. The van der Waals surface area contributed by atoms with Gasteiger partial charge < -0.3 is 4.74 Å². The molecule has 20 heavy (non-hydrogen) atoms. The maximum atomic E-state index is 13.6. The zero-order chi connectivity index (χ0) is 14.9. The summed E-state index contributed by atoms with van der Waals surface area (Å²) in [6, 6.07) is 3.42. The lowest BCUT2D eigenvalue weighted by molar-refractivity contribution is 0.385. The van der Waals surface area contributed by atoms with Crippen LogP contribution in [-0.2, 0) is 10.0 Å². The van der Waals surface area contributed by atoms with Gasteiger partial charge in [0.2, 0.25) is 0 Å². The molecule has 2 aromatic rings. The molecule has 1 aromatic heterocycles. The Hall–Kier alpha value is -2.09. The molecule has 0 saturated heterocycles. The topological polar surface area (TPSA) is 84.1 Å². The number of ether oxygens (including phenoxy) is 1. The highest BCUT2D eigenvalue weighted by molar-refractivity contribution is 7.92. The lowest BCUT2D eigenvalue weighted by atomic mass is 10.3. The highest BCUT2D eigenvalue weighted by Gasteiger charge is 2.19. The van der Waals surface area contributed by atoms with Crippen LogP contribution in [0.3, 0.4) is 0 Å². The molecule has 0 fully saturated rings. The van der Waals surface area contributed by atoms with E-state index in [-0.39, 0.29) is 16.5 Å². The van der Waals surface area contributed by atoms with Crippen LogP contribution in [0.5, 0.6) is 5.75 Å². The average molecular weight is 299 g/mol. The fourth-order valence-corrected chi connectivity index (χ4v) is 2.66. The summed E-state index contributed by atoms with van der Waals surface area (Å²) in [6.45, 7) is 3.50. The molecule has 1 aromatic carbocycles. The van der Waals surface area contributed by atoms with Crippen LogP contribution in [0.25, 0.3) is 0 Å². The third-order valence-electron chi connectivity index (χ3n) is 2.92. The Kier molecular flexibility index (Phi) is 3.67. The van der Waals surface area contributed by atoms with Gasteiger partial charge in [-0.3, -0.25) is 9.82 Å². The van der Waals surface area contributed by atoms with E-state index in [1.807, 2.05) is 0 Å². The predicted octanol–water partition coefficient (Wildman–Crippen LogP) is 1.98. The molecular formula is C12H14FN3O3S. The fourth-order valence-electron chi connectivity index (χ4n) is 1.58. The van der Waals surface area contributed by atoms with Crippen LogP contribution < -0.4 is 9.46 Å². The van der Waals surface area contributed by atoms with Gasteiger partial charge in [-0.2, -0.15) is 5.10 Å². The first-order valence-corrected chi connectivity index (χ1v) is 7.21. The maximum absolute atomic E-state index is 13.6. The van der Waals surface area contributed by atoms with Gasteiger partial charge >= 0.3 is 0 Å². The van der Waals surface area contributed by atoms with Crippen LogP contribution in [0.15, 0.2) is 23.1 Å². The Morgan fingerprint density at radius 2 is 2.05 bits per heavy atom. The number of hydrogen-bond donors (Lipinski definition) is 2. The second kappa shape index (κ2) is 5.12. The molecule has 2 N–H and O–H groups in total. The van der Waals surface area contributed by atoms with Crippen molar-refractivity contribution in [2.45, 2.75) is 18.7 Å². The van der Waals surface area contributed by atoms with Crippen molar-refractivity contribution in [1.82, 2.24) is 10.2 Å². The zero-order valence-electron chi connectivity index (χ0n) is 11.2. The predicted molar refractivity (Wildman–Crippen MR) is 71.8 cm³/mol. The number of sulfonamides is 1. The van der Waals surface area contributed by atoms with Crippen molar-refractivity contribution in [3.63, 3.8) is 0 Å². The van der Waals surface area contributed by atoms with Crippen LogP contribution in [-0.4, -0.2) is 25.7 Å². The van der Waals surface area contributed by atoms with E-state index in [4.69, 9.17) is 4.74 Å². The van der Waals surface area contributed by atoms with E-state index >= 15 is 0 Å². The van der Waals surface area contributed by atoms with E-state index in [0.29, 0.717) is 5.56 Å². The van der Waals surface area contributed by atoms with Gasteiger partial charge in [-0.1, -0.05) is 0 Å². The lowest BCUT2D eigenvalue weighted by Crippen LogP contribution is -2.14. The third kappa shape index (κ3) is 2.60. The molecule has 0 aliphatic rings. The second-order valence-corrected chi connectivity index (χ2v) is 5.91. The number of benzene rings is 1. The largest absolute Gasteiger partial charge is 0.494 e. The van der Waals surface area contributed by atoms with Gasteiger partial charge in [0.25, 0.3) is 10.0 Å². The van der Waals surface area contributed by atoms with Gasteiger partial charge in [-0.15, -0.1) is 0 Å². The molecule has 0 saturated carbocycles. The summed E-state index contributed by atoms with van der Waals surface area (Å²) in [5.74, 6) is -0.570. The molecule has 2 rings (SSSR count). The molecule has 0 aliphatic heterocycles. The summed E-state index contributed by atoms with van der Waals surface area (Å²) in [5, 5.41) is 6.52. The summed E-state index contributed by atoms with van der Waals surface area (Å²) < 4.78 is 44.9. The molecule has 0 bridgehead atoms. The molecule has 0 radical (unpaired) electrons. The Balaban J connectivity index is 2.36. The van der Waals surface area contributed by atoms with E-state index < -0.39 is 15.8 Å². The number of aryl methyl sites for hydroxylation is 1. The Morgan fingerprint density at radius 3 is 2.55 bits per heavy atom. The molecule has 6 nitrogen and oxygen atoms in total. The molecule has 0 atom stereocenters. The standard InChI is InChI=1S/C12H14FN3O3S/c1-7-8(2)14-15-12(7)16-20(17,18)9-4-5-11(19-3)10(13)6-9/h4-6H,1-3H3,(H2,14,15,16). The molecule has 0 unspecified atom stereocenters. The third-order valence-corrected chi connectivity index (χ3v) is 4.25. The first-order chi connectivity index (χ1) is 9.35. The van der Waals surface area contributed by atoms with Crippen molar-refractivity contribution in [3.8, 4) is 5.75 Å². The van der Waals surface area contributed by atoms with E-state index in [9.17, 15) is 12.8 Å². The van der Waals surface area contributed by atoms with Gasteiger partial charge in [0.05, 0.1) is 12.0 Å². The summed E-state index contributed by atoms with van der Waals surface area (Å²) in [5.41, 5.74) is 1.44. The SMILES string of the molecule is COc1ccc(S(=O)(=O)Nc2n[nH]c(C)c2C)cc1F. The minimum absolute atomic E-state index is 0.0178. The van der Waals surface area contributed by atoms with Crippen molar-refractivity contribution in [2.24, 2.45) is 0 Å². The molecule has 1 heterocycles. The lowest BCUT2D eigenvalue weighted by Gasteiger charge is -2.08.